The highest BCUT2D eigenvalue weighted by atomic mass is 35.5. The van der Waals surface area contributed by atoms with Crippen molar-refractivity contribution < 1.29 is 22.8 Å². The monoisotopic (exact) mass is 342 g/mol. The van der Waals surface area contributed by atoms with Crippen LogP contribution in [0.25, 0.3) is 0 Å². The number of halogens is 5. The molecule has 0 spiro atoms. The summed E-state index contributed by atoms with van der Waals surface area (Å²) in [6.45, 7) is -0.120. The Bertz CT molecular complexity index is 536. The first kappa shape index (κ1) is 17.6. The molecule has 1 aromatic carbocycles. The number of benzene rings is 1. The van der Waals surface area contributed by atoms with E-state index in [1.54, 1.807) is 0 Å². The zero-order valence-corrected chi connectivity index (χ0v) is 12.1. The molecular formula is C12H11Cl2F3N2O2. The highest BCUT2D eigenvalue weighted by Crippen LogP contribution is 2.22. The van der Waals surface area contributed by atoms with Crippen LogP contribution in [0.3, 0.4) is 0 Å². The summed E-state index contributed by atoms with van der Waals surface area (Å²) in [7, 11) is 0. The summed E-state index contributed by atoms with van der Waals surface area (Å²) in [6, 6.07) is 4.26. The Morgan fingerprint density at radius 1 is 1.05 bits per heavy atom. The number of amides is 2. The third-order valence-corrected chi connectivity index (χ3v) is 3.01. The van der Waals surface area contributed by atoms with Crippen molar-refractivity contribution in [1.82, 2.24) is 10.6 Å². The molecule has 2 amide bonds. The van der Waals surface area contributed by atoms with E-state index >= 15 is 0 Å². The molecule has 0 aliphatic carbocycles. The van der Waals surface area contributed by atoms with Crippen LogP contribution in [0, 0.1) is 0 Å². The van der Waals surface area contributed by atoms with E-state index in [0.717, 1.165) is 0 Å². The van der Waals surface area contributed by atoms with E-state index in [-0.39, 0.29) is 23.7 Å². The lowest BCUT2D eigenvalue weighted by atomic mass is 10.2. The van der Waals surface area contributed by atoms with Gasteiger partial charge in [0, 0.05) is 18.7 Å². The topological polar surface area (TPSA) is 58.2 Å². The summed E-state index contributed by atoms with van der Waals surface area (Å²) in [5.41, 5.74) is 0.256. The highest BCUT2D eigenvalue weighted by molar-refractivity contribution is 6.42. The van der Waals surface area contributed by atoms with Crippen molar-refractivity contribution in [2.24, 2.45) is 0 Å². The number of carbonyl (C=O) groups is 2. The van der Waals surface area contributed by atoms with E-state index in [1.165, 1.54) is 18.2 Å². The quantitative estimate of drug-likeness (QED) is 0.808. The van der Waals surface area contributed by atoms with Crippen LogP contribution in [0.1, 0.15) is 16.8 Å². The first-order chi connectivity index (χ1) is 9.69. The first-order valence-electron chi connectivity index (χ1n) is 5.76. The fourth-order valence-corrected chi connectivity index (χ4v) is 1.66. The van der Waals surface area contributed by atoms with Gasteiger partial charge in [-0.2, -0.15) is 13.2 Å². The number of hydrogen-bond donors (Lipinski definition) is 2. The second kappa shape index (κ2) is 7.51. The fourth-order valence-electron chi connectivity index (χ4n) is 1.36. The van der Waals surface area contributed by atoms with E-state index in [2.05, 4.69) is 5.32 Å². The Morgan fingerprint density at radius 2 is 1.67 bits per heavy atom. The molecule has 9 heteroatoms. The van der Waals surface area contributed by atoms with E-state index in [0.29, 0.717) is 5.02 Å². The molecule has 0 heterocycles. The maximum absolute atomic E-state index is 11.9. The van der Waals surface area contributed by atoms with Gasteiger partial charge in [0.25, 0.3) is 5.91 Å². The molecule has 0 saturated carbocycles. The summed E-state index contributed by atoms with van der Waals surface area (Å²) in [5.74, 6) is -1.62. The highest BCUT2D eigenvalue weighted by Gasteiger charge is 2.30. The molecule has 116 valence electrons. The zero-order chi connectivity index (χ0) is 16.0. The van der Waals surface area contributed by atoms with Gasteiger partial charge in [-0.05, 0) is 18.2 Å². The van der Waals surface area contributed by atoms with Gasteiger partial charge in [0.2, 0.25) is 5.91 Å². The Kier molecular flexibility index (Phi) is 6.29. The maximum atomic E-state index is 11.9. The van der Waals surface area contributed by atoms with Gasteiger partial charge in [-0.3, -0.25) is 9.59 Å². The van der Waals surface area contributed by atoms with Crippen molar-refractivity contribution in [3.8, 4) is 0 Å². The molecule has 1 rings (SSSR count). The number of carbonyl (C=O) groups excluding carboxylic acids is 2. The molecule has 0 aliphatic heterocycles. The standard InChI is InChI=1S/C12H11Cl2F3N2O2/c13-8-2-1-7(5-9(8)14)11(21)19-4-3-18-10(20)6-12(15,16)17/h1-2,5H,3-4,6H2,(H,18,20)(H,19,21). The van der Waals surface area contributed by atoms with Crippen molar-refractivity contribution in [3.63, 3.8) is 0 Å². The van der Waals surface area contributed by atoms with Crippen molar-refractivity contribution in [2.45, 2.75) is 12.6 Å². The first-order valence-corrected chi connectivity index (χ1v) is 6.51. The predicted molar refractivity (Wildman–Crippen MR) is 72.5 cm³/mol. The van der Waals surface area contributed by atoms with Crippen molar-refractivity contribution >= 4 is 35.0 Å². The van der Waals surface area contributed by atoms with Gasteiger partial charge >= 0.3 is 6.18 Å². The largest absolute Gasteiger partial charge is 0.397 e. The summed E-state index contributed by atoms with van der Waals surface area (Å²) in [6.07, 6.45) is -6.10. The van der Waals surface area contributed by atoms with Gasteiger partial charge in [-0.25, -0.2) is 0 Å². The Hall–Kier alpha value is -1.47. The van der Waals surface area contributed by atoms with Crippen molar-refractivity contribution in [3.05, 3.63) is 33.8 Å². The lowest BCUT2D eigenvalue weighted by Gasteiger charge is -2.09. The maximum Gasteiger partial charge on any atom is 0.397 e. The van der Waals surface area contributed by atoms with Gasteiger partial charge < -0.3 is 10.6 Å². The van der Waals surface area contributed by atoms with Crippen LogP contribution in [0.15, 0.2) is 18.2 Å². The third-order valence-electron chi connectivity index (χ3n) is 2.28. The number of alkyl halides is 3. The summed E-state index contributed by atoms with van der Waals surface area (Å²) in [4.78, 5) is 22.6. The van der Waals surface area contributed by atoms with E-state index in [4.69, 9.17) is 23.2 Å². The molecule has 4 nitrogen and oxygen atoms in total. The number of rotatable bonds is 5. The Balaban J connectivity index is 2.34. The van der Waals surface area contributed by atoms with E-state index < -0.39 is 24.4 Å². The zero-order valence-electron chi connectivity index (χ0n) is 10.6. The average molecular weight is 343 g/mol. The molecule has 0 saturated heterocycles. The van der Waals surface area contributed by atoms with E-state index in [1.807, 2.05) is 5.32 Å². The van der Waals surface area contributed by atoms with Gasteiger partial charge in [0.05, 0.1) is 10.0 Å². The number of hydrogen-bond acceptors (Lipinski definition) is 2. The molecular weight excluding hydrogens is 332 g/mol. The van der Waals surface area contributed by atoms with E-state index in [9.17, 15) is 22.8 Å². The Labute approximate surface area is 128 Å². The molecule has 0 radical (unpaired) electrons. The van der Waals surface area contributed by atoms with Gasteiger partial charge in [0.1, 0.15) is 6.42 Å². The fraction of sp³-hybridized carbons (Fsp3) is 0.333. The normalized spacial score (nSPS) is 11.1. The minimum Gasteiger partial charge on any atom is -0.354 e. The van der Waals surface area contributed by atoms with Gasteiger partial charge in [-0.1, -0.05) is 23.2 Å². The minimum absolute atomic E-state index is 0.0112. The summed E-state index contributed by atoms with van der Waals surface area (Å²) in [5, 5.41) is 4.98. The summed E-state index contributed by atoms with van der Waals surface area (Å²) >= 11 is 11.4. The third kappa shape index (κ3) is 6.68. The molecule has 21 heavy (non-hydrogen) atoms. The smallest absolute Gasteiger partial charge is 0.354 e. The lowest BCUT2D eigenvalue weighted by Crippen LogP contribution is -2.36. The van der Waals surface area contributed by atoms with Crippen LogP contribution in [0.4, 0.5) is 13.2 Å². The Morgan fingerprint density at radius 3 is 2.24 bits per heavy atom. The second-order valence-electron chi connectivity index (χ2n) is 4.03. The van der Waals surface area contributed by atoms with Crippen LogP contribution in [0.2, 0.25) is 10.0 Å². The van der Waals surface area contributed by atoms with Crippen LogP contribution in [-0.2, 0) is 4.79 Å². The van der Waals surface area contributed by atoms with Crippen LogP contribution in [-0.4, -0.2) is 31.1 Å². The van der Waals surface area contributed by atoms with Crippen LogP contribution < -0.4 is 10.6 Å². The molecule has 0 unspecified atom stereocenters. The van der Waals surface area contributed by atoms with Gasteiger partial charge in [0.15, 0.2) is 0 Å². The molecule has 0 atom stereocenters. The minimum atomic E-state index is -4.55. The SMILES string of the molecule is O=C(CC(F)(F)F)NCCNC(=O)c1ccc(Cl)c(Cl)c1. The molecule has 1 aromatic rings. The predicted octanol–water partition coefficient (Wildman–Crippen LogP) is 2.79. The molecule has 0 bridgehead atoms. The molecule has 2 N–H and O–H groups in total. The van der Waals surface area contributed by atoms with Crippen molar-refractivity contribution in [1.29, 1.82) is 0 Å². The summed E-state index contributed by atoms with van der Waals surface area (Å²) < 4.78 is 35.6. The van der Waals surface area contributed by atoms with Gasteiger partial charge in [-0.15, -0.1) is 0 Å². The van der Waals surface area contributed by atoms with Crippen molar-refractivity contribution in [2.75, 3.05) is 13.1 Å². The van der Waals surface area contributed by atoms with Crippen LogP contribution in [0.5, 0.6) is 0 Å². The number of nitrogens with one attached hydrogen (secondary N) is 2. The average Bonchev–Trinajstić information content (AvgIpc) is 2.35. The molecule has 0 aromatic heterocycles. The second-order valence-corrected chi connectivity index (χ2v) is 4.84. The molecule has 0 fully saturated rings. The lowest BCUT2D eigenvalue weighted by molar-refractivity contribution is -0.153. The van der Waals surface area contributed by atoms with Crippen LogP contribution >= 0.6 is 23.2 Å². The molecule has 0 aliphatic rings.